The summed E-state index contributed by atoms with van der Waals surface area (Å²) in [5.41, 5.74) is 2.88. The second-order valence-corrected chi connectivity index (χ2v) is 9.16. The number of ether oxygens (including phenoxy) is 2. The van der Waals surface area contributed by atoms with Gasteiger partial charge in [-0.1, -0.05) is 24.3 Å². The lowest BCUT2D eigenvalue weighted by atomic mass is 10.1. The molecule has 0 aliphatic carbocycles. The van der Waals surface area contributed by atoms with E-state index in [9.17, 15) is 8.42 Å². The van der Waals surface area contributed by atoms with Gasteiger partial charge in [-0.25, -0.2) is 13.4 Å². The van der Waals surface area contributed by atoms with Crippen LogP contribution in [0.1, 0.15) is 11.1 Å². The van der Waals surface area contributed by atoms with E-state index >= 15 is 0 Å². The zero-order valence-electron chi connectivity index (χ0n) is 17.9. The van der Waals surface area contributed by atoms with Crippen LogP contribution in [0.3, 0.4) is 0 Å². The van der Waals surface area contributed by atoms with E-state index in [1.807, 2.05) is 53.4 Å². The molecule has 0 fully saturated rings. The van der Waals surface area contributed by atoms with E-state index in [2.05, 4.69) is 19.9 Å². The van der Waals surface area contributed by atoms with Crippen LogP contribution in [-0.2, 0) is 22.9 Å². The molecule has 0 bridgehead atoms. The molecular weight excluding hydrogens is 430 g/mol. The Balaban J connectivity index is 1.79. The van der Waals surface area contributed by atoms with Gasteiger partial charge in [0.1, 0.15) is 17.0 Å². The Hall–Kier alpha value is -3.66. The van der Waals surface area contributed by atoms with Gasteiger partial charge in [-0.05, 0) is 35.4 Å². The minimum atomic E-state index is -3.63. The minimum Gasteiger partial charge on any atom is -0.497 e. The Morgan fingerprint density at radius 3 is 1.88 bits per heavy atom. The summed E-state index contributed by atoms with van der Waals surface area (Å²) in [6.07, 6.45) is 2.57. The van der Waals surface area contributed by atoms with E-state index < -0.39 is 9.84 Å². The molecule has 0 aliphatic rings. The van der Waals surface area contributed by atoms with E-state index in [-0.39, 0.29) is 5.16 Å². The molecule has 0 aliphatic heterocycles. The molecule has 0 amide bonds. The Morgan fingerprint density at radius 2 is 1.41 bits per heavy atom. The second kappa shape index (κ2) is 8.83. The second-order valence-electron chi connectivity index (χ2n) is 7.26. The molecule has 1 N–H and O–H groups in total. The van der Waals surface area contributed by atoms with Gasteiger partial charge in [0.05, 0.1) is 20.5 Å². The first-order chi connectivity index (χ1) is 15.4. The monoisotopic (exact) mass is 453 g/mol. The highest BCUT2D eigenvalue weighted by Crippen LogP contribution is 2.27. The first-order valence-corrected chi connectivity index (χ1v) is 11.7. The third-order valence-corrected chi connectivity index (χ3v) is 5.79. The number of hydrogen-bond donors (Lipinski definition) is 1. The molecule has 0 spiro atoms. The lowest BCUT2D eigenvalue weighted by Gasteiger charge is -2.25. The van der Waals surface area contributed by atoms with Crippen molar-refractivity contribution in [3.8, 4) is 11.5 Å². The zero-order valence-corrected chi connectivity index (χ0v) is 18.8. The SMILES string of the molecule is COc1ccc(CN(Cc2ccc(OC)cc2)c2nc(S(C)(=O)=O)nc3nc[nH]c23)cc1. The number of fused-ring (bicyclic) bond motifs is 1. The number of methoxy groups -OCH3 is 2. The number of hydrogen-bond acceptors (Lipinski definition) is 8. The highest BCUT2D eigenvalue weighted by molar-refractivity contribution is 7.90. The van der Waals surface area contributed by atoms with Crippen molar-refractivity contribution in [1.29, 1.82) is 0 Å². The normalized spacial score (nSPS) is 11.5. The molecule has 2 aromatic heterocycles. The number of benzene rings is 2. The van der Waals surface area contributed by atoms with Gasteiger partial charge in [0.15, 0.2) is 11.5 Å². The standard InChI is InChI=1S/C22H23N5O4S/c1-30-17-8-4-15(5-9-17)12-27(13-16-6-10-18(31-2)11-7-16)21-19-20(24-14-23-19)25-22(26-21)32(3,28)29/h4-11,14H,12-13H2,1-3H3,(H,23,24,25,26). The van der Waals surface area contributed by atoms with E-state index in [1.165, 1.54) is 6.33 Å². The van der Waals surface area contributed by atoms with Gasteiger partial charge in [-0.3, -0.25) is 0 Å². The molecule has 4 aromatic rings. The van der Waals surface area contributed by atoms with Crippen LogP contribution in [0.25, 0.3) is 11.2 Å². The van der Waals surface area contributed by atoms with E-state index in [1.54, 1.807) is 14.2 Å². The predicted molar refractivity (Wildman–Crippen MR) is 121 cm³/mol. The molecule has 0 saturated carbocycles. The Morgan fingerprint density at radius 1 is 0.875 bits per heavy atom. The molecule has 166 valence electrons. The molecule has 2 aromatic carbocycles. The first-order valence-electron chi connectivity index (χ1n) is 9.79. The van der Waals surface area contributed by atoms with Crippen LogP contribution in [0, 0.1) is 0 Å². The lowest BCUT2D eigenvalue weighted by Crippen LogP contribution is -2.24. The number of aromatic nitrogens is 4. The average Bonchev–Trinajstić information content (AvgIpc) is 3.27. The third kappa shape index (κ3) is 4.65. The number of H-pyrrole nitrogens is 1. The molecule has 4 rings (SSSR count). The molecule has 10 heteroatoms. The summed E-state index contributed by atoms with van der Waals surface area (Å²) < 4.78 is 34.9. The Bertz CT molecular complexity index is 1270. The topological polar surface area (TPSA) is 110 Å². The summed E-state index contributed by atoms with van der Waals surface area (Å²) in [6.45, 7) is 0.953. The summed E-state index contributed by atoms with van der Waals surface area (Å²) in [5.74, 6) is 1.97. The maximum Gasteiger partial charge on any atom is 0.250 e. The molecule has 0 unspecified atom stereocenters. The van der Waals surface area contributed by atoms with Gasteiger partial charge < -0.3 is 19.4 Å². The summed E-state index contributed by atoms with van der Waals surface area (Å²) in [7, 11) is -0.391. The van der Waals surface area contributed by atoms with Crippen molar-refractivity contribution in [3.63, 3.8) is 0 Å². The molecule has 0 saturated heterocycles. The van der Waals surface area contributed by atoms with E-state index in [0.29, 0.717) is 30.1 Å². The van der Waals surface area contributed by atoms with Gasteiger partial charge in [-0.2, -0.15) is 9.97 Å². The van der Waals surface area contributed by atoms with Crippen LogP contribution in [0.2, 0.25) is 0 Å². The minimum absolute atomic E-state index is 0.262. The number of rotatable bonds is 8. The third-order valence-electron chi connectivity index (χ3n) is 4.94. The van der Waals surface area contributed by atoms with Crippen molar-refractivity contribution in [3.05, 3.63) is 66.0 Å². The Labute approximate surface area is 186 Å². The van der Waals surface area contributed by atoms with Crippen molar-refractivity contribution < 1.29 is 17.9 Å². The van der Waals surface area contributed by atoms with Gasteiger partial charge in [0, 0.05) is 19.3 Å². The number of nitrogens with one attached hydrogen (secondary N) is 1. The molecule has 9 nitrogen and oxygen atoms in total. The zero-order chi connectivity index (χ0) is 22.7. The van der Waals surface area contributed by atoms with Crippen LogP contribution in [0.4, 0.5) is 5.82 Å². The lowest BCUT2D eigenvalue weighted by molar-refractivity contribution is 0.414. The number of imidazole rings is 1. The highest BCUT2D eigenvalue weighted by Gasteiger charge is 2.21. The maximum absolute atomic E-state index is 12.2. The predicted octanol–water partition coefficient (Wildman–Crippen LogP) is 2.98. The Kier molecular flexibility index (Phi) is 5.95. The van der Waals surface area contributed by atoms with Crippen LogP contribution in [0.15, 0.2) is 60.0 Å². The van der Waals surface area contributed by atoms with Gasteiger partial charge in [0.25, 0.3) is 5.16 Å². The van der Waals surface area contributed by atoms with Gasteiger partial charge >= 0.3 is 0 Å². The van der Waals surface area contributed by atoms with Crippen molar-refractivity contribution in [2.45, 2.75) is 18.2 Å². The maximum atomic E-state index is 12.2. The van der Waals surface area contributed by atoms with Gasteiger partial charge in [-0.15, -0.1) is 0 Å². The van der Waals surface area contributed by atoms with Crippen molar-refractivity contribution >= 4 is 26.8 Å². The molecule has 2 heterocycles. The summed E-state index contributed by atoms with van der Waals surface area (Å²) in [5, 5.41) is -0.262. The van der Waals surface area contributed by atoms with Crippen molar-refractivity contribution in [2.75, 3.05) is 25.4 Å². The van der Waals surface area contributed by atoms with E-state index in [4.69, 9.17) is 9.47 Å². The molecule has 0 radical (unpaired) electrons. The molecular formula is C22H23N5O4S. The van der Waals surface area contributed by atoms with Crippen LogP contribution >= 0.6 is 0 Å². The summed E-state index contributed by atoms with van der Waals surface area (Å²) in [6, 6.07) is 15.4. The molecule has 0 atom stereocenters. The average molecular weight is 454 g/mol. The fourth-order valence-corrected chi connectivity index (χ4v) is 3.81. The fourth-order valence-electron chi connectivity index (χ4n) is 3.30. The number of sulfone groups is 1. The quantitative estimate of drug-likeness (QED) is 0.406. The van der Waals surface area contributed by atoms with Crippen molar-refractivity contribution in [2.24, 2.45) is 0 Å². The molecule has 32 heavy (non-hydrogen) atoms. The van der Waals surface area contributed by atoms with Crippen LogP contribution in [0.5, 0.6) is 11.5 Å². The smallest absolute Gasteiger partial charge is 0.250 e. The summed E-state index contributed by atoms with van der Waals surface area (Å²) >= 11 is 0. The largest absolute Gasteiger partial charge is 0.497 e. The first kappa shape index (κ1) is 21.6. The number of aromatic amines is 1. The van der Waals surface area contributed by atoms with E-state index in [0.717, 1.165) is 28.9 Å². The number of anilines is 1. The van der Waals surface area contributed by atoms with Crippen LogP contribution in [-0.4, -0.2) is 48.8 Å². The fraction of sp³-hybridized carbons (Fsp3) is 0.227. The van der Waals surface area contributed by atoms with Crippen LogP contribution < -0.4 is 14.4 Å². The highest BCUT2D eigenvalue weighted by atomic mass is 32.2. The summed E-state index contributed by atoms with van der Waals surface area (Å²) in [4.78, 5) is 17.7. The van der Waals surface area contributed by atoms with Gasteiger partial charge in [0.2, 0.25) is 9.84 Å². The van der Waals surface area contributed by atoms with Crippen molar-refractivity contribution in [1.82, 2.24) is 19.9 Å². The number of nitrogens with zero attached hydrogens (tertiary/aromatic N) is 4.